The van der Waals surface area contributed by atoms with Crippen molar-refractivity contribution in [2.24, 2.45) is 5.92 Å². The Morgan fingerprint density at radius 3 is 2.27 bits per heavy atom. The highest BCUT2D eigenvalue weighted by molar-refractivity contribution is 8.00. The van der Waals surface area contributed by atoms with Gasteiger partial charge in [-0.25, -0.2) is 0 Å². The lowest BCUT2D eigenvalue weighted by Crippen LogP contribution is -2.47. The molecule has 6 rings (SSSR count). The third-order valence-electron chi connectivity index (χ3n) is 8.62. The van der Waals surface area contributed by atoms with Gasteiger partial charge in [-0.1, -0.05) is 60.3 Å². The second-order valence-corrected chi connectivity index (χ2v) is 14.6. The molecule has 9 heteroatoms. The molecule has 0 aromatic heterocycles. The van der Waals surface area contributed by atoms with E-state index in [0.29, 0.717) is 30.6 Å². The molecular formula is C35H38F3NO4S. The van der Waals surface area contributed by atoms with E-state index >= 15 is 0 Å². The zero-order chi connectivity index (χ0) is 31.2. The van der Waals surface area contributed by atoms with Gasteiger partial charge >= 0.3 is 12.1 Å². The summed E-state index contributed by atoms with van der Waals surface area (Å²) in [4.78, 5) is 20.5. The molecule has 3 aromatic rings. The molecule has 1 spiro atoms. The smallest absolute Gasteiger partial charge is 0.416 e. The minimum absolute atomic E-state index is 0.283. The summed E-state index contributed by atoms with van der Waals surface area (Å²) in [6.45, 7) is 5.55. The van der Waals surface area contributed by atoms with Crippen molar-refractivity contribution in [2.45, 2.75) is 98.5 Å². The van der Waals surface area contributed by atoms with Gasteiger partial charge in [0.15, 0.2) is 4.93 Å². The monoisotopic (exact) mass is 625 g/mol. The maximum absolute atomic E-state index is 14.0. The Balaban J connectivity index is 1.34. The van der Waals surface area contributed by atoms with Crippen LogP contribution < -0.4 is 10.2 Å². The fourth-order valence-electron chi connectivity index (χ4n) is 6.59. The second-order valence-electron chi connectivity index (χ2n) is 13.1. The van der Waals surface area contributed by atoms with Crippen LogP contribution in [-0.4, -0.2) is 22.1 Å². The van der Waals surface area contributed by atoms with Crippen LogP contribution in [-0.2, 0) is 20.5 Å². The first-order valence-electron chi connectivity index (χ1n) is 15.2. The van der Waals surface area contributed by atoms with Crippen LogP contribution in [0.5, 0.6) is 5.75 Å². The standard InChI is InChI=1S/C35H38F3NO4S/c1-32(2,3)42-31(40)26-15-10-18-33(30(26)23-11-6-4-7-12-23)22-28(39-43-33)27-21-24(35(36,37)38)16-17-29(27)41-34(19-20-34)44-25-13-8-5-9-14-25/h4-9,11-14,16-17,21,26,28,30,39H,10,15,18-20,22H2,1-3H3/t26?,28-,30+,33+/m0/s1. The summed E-state index contributed by atoms with van der Waals surface area (Å²) in [5.41, 5.74) is 2.25. The number of carbonyl (C=O) groups is 1. The summed E-state index contributed by atoms with van der Waals surface area (Å²) in [6, 6.07) is 22.8. The van der Waals surface area contributed by atoms with Gasteiger partial charge in [0.2, 0.25) is 0 Å². The second kappa shape index (κ2) is 11.7. The van der Waals surface area contributed by atoms with E-state index in [2.05, 4.69) is 5.48 Å². The minimum Gasteiger partial charge on any atom is -0.476 e. The Hall–Kier alpha value is -3.01. The van der Waals surface area contributed by atoms with Gasteiger partial charge in [-0.3, -0.25) is 9.63 Å². The molecule has 0 amide bonds. The highest BCUT2D eigenvalue weighted by atomic mass is 32.2. The number of hydrogen-bond donors (Lipinski definition) is 1. The van der Waals surface area contributed by atoms with Gasteiger partial charge in [0, 0.05) is 35.6 Å². The Bertz CT molecular complexity index is 1470. The van der Waals surface area contributed by atoms with E-state index in [1.54, 1.807) is 11.8 Å². The summed E-state index contributed by atoms with van der Waals surface area (Å²) >= 11 is 1.59. The largest absolute Gasteiger partial charge is 0.476 e. The van der Waals surface area contributed by atoms with Crippen LogP contribution in [0.2, 0.25) is 0 Å². The van der Waals surface area contributed by atoms with Crippen molar-refractivity contribution in [1.82, 2.24) is 5.48 Å². The van der Waals surface area contributed by atoms with Gasteiger partial charge in [-0.2, -0.15) is 18.7 Å². The van der Waals surface area contributed by atoms with Crippen molar-refractivity contribution in [1.29, 1.82) is 0 Å². The predicted molar refractivity (Wildman–Crippen MR) is 163 cm³/mol. The Morgan fingerprint density at radius 2 is 1.64 bits per heavy atom. The average Bonchev–Trinajstić information content (AvgIpc) is 3.60. The number of rotatable bonds is 7. The van der Waals surface area contributed by atoms with Crippen LogP contribution in [0.15, 0.2) is 83.8 Å². The first kappa shape index (κ1) is 31.0. The number of ether oxygens (including phenoxy) is 2. The van der Waals surface area contributed by atoms with Gasteiger partial charge in [-0.15, -0.1) is 0 Å². The van der Waals surface area contributed by atoms with Crippen LogP contribution >= 0.6 is 11.8 Å². The van der Waals surface area contributed by atoms with E-state index in [9.17, 15) is 18.0 Å². The van der Waals surface area contributed by atoms with E-state index in [-0.39, 0.29) is 11.9 Å². The highest BCUT2D eigenvalue weighted by Crippen LogP contribution is 2.56. The first-order valence-corrected chi connectivity index (χ1v) is 16.0. The number of alkyl halides is 3. The molecule has 3 aromatic carbocycles. The molecule has 2 aliphatic carbocycles. The molecule has 5 nitrogen and oxygen atoms in total. The van der Waals surface area contributed by atoms with E-state index in [4.69, 9.17) is 14.3 Å². The molecule has 1 aliphatic heterocycles. The number of halogens is 3. The van der Waals surface area contributed by atoms with Gasteiger partial charge in [0.1, 0.15) is 11.4 Å². The summed E-state index contributed by atoms with van der Waals surface area (Å²) in [5.74, 6) is -0.675. The van der Waals surface area contributed by atoms with Crippen LogP contribution in [0.4, 0.5) is 13.2 Å². The molecule has 1 saturated heterocycles. The van der Waals surface area contributed by atoms with Gasteiger partial charge in [0.05, 0.1) is 23.1 Å². The summed E-state index contributed by atoms with van der Waals surface area (Å²) < 4.78 is 54.4. The zero-order valence-corrected chi connectivity index (χ0v) is 26.0. The van der Waals surface area contributed by atoms with Gasteiger partial charge in [-0.05, 0) is 75.9 Å². The van der Waals surface area contributed by atoms with E-state index < -0.39 is 39.8 Å². The minimum atomic E-state index is -4.51. The lowest BCUT2D eigenvalue weighted by atomic mass is 9.64. The van der Waals surface area contributed by atoms with Crippen LogP contribution in [0.25, 0.3) is 0 Å². The highest BCUT2D eigenvalue weighted by Gasteiger charge is 2.56. The van der Waals surface area contributed by atoms with Crippen LogP contribution in [0.3, 0.4) is 0 Å². The lowest BCUT2D eigenvalue weighted by Gasteiger charge is -2.44. The third-order valence-corrected chi connectivity index (χ3v) is 9.99. The number of esters is 1. The summed E-state index contributed by atoms with van der Waals surface area (Å²) in [7, 11) is 0. The topological polar surface area (TPSA) is 56.8 Å². The maximum Gasteiger partial charge on any atom is 0.416 e. The molecule has 1 unspecified atom stereocenters. The molecule has 3 fully saturated rings. The molecule has 4 atom stereocenters. The van der Waals surface area contributed by atoms with E-state index in [1.807, 2.05) is 81.4 Å². The normalized spacial score (nSPS) is 26.4. The molecule has 234 valence electrons. The van der Waals surface area contributed by atoms with Crippen molar-refractivity contribution in [3.05, 3.63) is 95.6 Å². The van der Waals surface area contributed by atoms with Gasteiger partial charge in [0.25, 0.3) is 0 Å². The lowest BCUT2D eigenvalue weighted by molar-refractivity contribution is -0.170. The molecular weight excluding hydrogens is 587 g/mol. The zero-order valence-electron chi connectivity index (χ0n) is 25.2. The molecule has 44 heavy (non-hydrogen) atoms. The van der Waals surface area contributed by atoms with Crippen molar-refractivity contribution in [2.75, 3.05) is 0 Å². The predicted octanol–water partition coefficient (Wildman–Crippen LogP) is 9.00. The maximum atomic E-state index is 14.0. The van der Waals surface area contributed by atoms with Crippen molar-refractivity contribution in [3.63, 3.8) is 0 Å². The van der Waals surface area contributed by atoms with Crippen molar-refractivity contribution >= 4 is 17.7 Å². The average molecular weight is 626 g/mol. The summed E-state index contributed by atoms with van der Waals surface area (Å²) in [5, 5.41) is 0. The molecule has 0 bridgehead atoms. The number of benzene rings is 3. The third kappa shape index (κ3) is 6.65. The Morgan fingerprint density at radius 1 is 0.955 bits per heavy atom. The molecule has 3 aliphatic rings. The van der Waals surface area contributed by atoms with Crippen LogP contribution in [0.1, 0.15) is 87.9 Å². The number of hydrogen-bond acceptors (Lipinski definition) is 6. The van der Waals surface area contributed by atoms with Crippen molar-refractivity contribution < 1.29 is 32.3 Å². The molecule has 1 heterocycles. The number of hydroxylamine groups is 1. The summed E-state index contributed by atoms with van der Waals surface area (Å²) in [6.07, 6.45) is -0.537. The SMILES string of the molecule is CC(C)(C)OC(=O)C1CCC[C@@]2(C[C@@H](c3cc(C(F)(F)F)ccc3OC3(Sc4ccccc4)CC3)NO2)[C@@H]1c1ccccc1. The number of nitrogens with one attached hydrogen (secondary N) is 1. The fourth-order valence-corrected chi connectivity index (χ4v) is 7.75. The van der Waals surface area contributed by atoms with E-state index in [1.165, 1.54) is 12.1 Å². The van der Waals surface area contributed by atoms with Crippen LogP contribution in [0, 0.1) is 5.92 Å². The molecule has 2 saturated carbocycles. The number of carbonyl (C=O) groups excluding carboxylic acids is 1. The number of thioether (sulfide) groups is 1. The van der Waals surface area contributed by atoms with Crippen molar-refractivity contribution in [3.8, 4) is 5.75 Å². The van der Waals surface area contributed by atoms with Gasteiger partial charge < -0.3 is 9.47 Å². The Labute approximate surface area is 260 Å². The first-order chi connectivity index (χ1) is 20.9. The molecule has 1 N–H and O–H groups in total. The van der Waals surface area contributed by atoms with E-state index in [0.717, 1.165) is 35.8 Å². The quantitative estimate of drug-likeness (QED) is 0.209. The fraction of sp³-hybridized carbons (Fsp3) is 0.457. The Kier molecular flexibility index (Phi) is 8.26. The molecule has 0 radical (unpaired) electrons.